The third kappa shape index (κ3) is 4.93. The van der Waals surface area contributed by atoms with Gasteiger partial charge < -0.3 is 5.73 Å². The summed E-state index contributed by atoms with van der Waals surface area (Å²) >= 11 is 0. The van der Waals surface area contributed by atoms with Crippen molar-refractivity contribution in [2.45, 2.75) is 21.6 Å². The van der Waals surface area contributed by atoms with E-state index >= 15 is 0 Å². The van der Waals surface area contributed by atoms with E-state index in [4.69, 9.17) is 5.73 Å². The summed E-state index contributed by atoms with van der Waals surface area (Å²) in [5, 5.41) is 6.70. The highest BCUT2D eigenvalue weighted by Gasteiger charge is 2.25. The summed E-state index contributed by atoms with van der Waals surface area (Å²) in [6.45, 7) is 1.68. The van der Waals surface area contributed by atoms with Crippen LogP contribution >= 0.6 is 0 Å². The third-order valence-corrected chi connectivity index (χ3v) is 6.92. The van der Waals surface area contributed by atoms with Gasteiger partial charge in [0.05, 0.1) is 16.3 Å². The number of nitrogen functional groups attached to an aromatic ring is 1. The highest BCUT2D eigenvalue weighted by atomic mass is 32.2. The Bertz CT molecular complexity index is 1610. The molecular weight excluding hydrogens is 486 g/mol. The van der Waals surface area contributed by atoms with Gasteiger partial charge in [-0.3, -0.25) is 13.7 Å². The number of nitrogens with two attached hydrogens (primary N) is 1. The Morgan fingerprint density at radius 1 is 0.719 bits per heavy atom. The van der Waals surface area contributed by atoms with Gasteiger partial charge in [0.2, 0.25) is 0 Å². The van der Waals surface area contributed by atoms with Crippen LogP contribution in [0.15, 0.2) is 67.4 Å². The largest absolute Gasteiger partial charge is 0.399 e. The van der Waals surface area contributed by atoms with E-state index in [1.54, 1.807) is 19.1 Å². The molecule has 170 valence electrons. The molecule has 5 N–H and O–H groups in total. The number of fused-ring (bicyclic) bond motifs is 1. The number of rotatable bonds is 5. The summed E-state index contributed by atoms with van der Waals surface area (Å²) in [4.78, 5) is -2.98. The molecule has 0 amide bonds. The molecule has 0 heterocycles. The van der Waals surface area contributed by atoms with E-state index in [0.717, 1.165) is 12.1 Å². The summed E-state index contributed by atoms with van der Waals surface area (Å²) in [5.41, 5.74) is 6.86. The van der Waals surface area contributed by atoms with Crippen LogP contribution in [0, 0.1) is 6.92 Å². The van der Waals surface area contributed by atoms with Crippen LogP contribution in [-0.4, -0.2) is 38.9 Å². The highest BCUT2D eigenvalue weighted by molar-refractivity contribution is 7.87. The van der Waals surface area contributed by atoms with E-state index in [9.17, 15) is 38.9 Å². The lowest BCUT2D eigenvalue weighted by Gasteiger charge is -2.11. The summed E-state index contributed by atoms with van der Waals surface area (Å²) in [6, 6.07) is 7.57. The van der Waals surface area contributed by atoms with Gasteiger partial charge in [-0.15, -0.1) is 0 Å². The van der Waals surface area contributed by atoms with Gasteiger partial charge in [0.15, 0.2) is 0 Å². The van der Waals surface area contributed by atoms with Gasteiger partial charge in [-0.2, -0.15) is 35.5 Å². The summed E-state index contributed by atoms with van der Waals surface area (Å²) < 4.78 is 99.1. The van der Waals surface area contributed by atoms with Crippen LogP contribution in [0.5, 0.6) is 0 Å². The molecule has 15 heteroatoms. The molecule has 0 spiro atoms. The van der Waals surface area contributed by atoms with Crippen LogP contribution in [0.3, 0.4) is 0 Å². The van der Waals surface area contributed by atoms with Crippen molar-refractivity contribution in [3.05, 3.63) is 48.0 Å². The minimum Gasteiger partial charge on any atom is -0.399 e. The molecule has 32 heavy (non-hydrogen) atoms. The summed E-state index contributed by atoms with van der Waals surface area (Å²) in [5.74, 6) is 0. The van der Waals surface area contributed by atoms with Crippen molar-refractivity contribution in [2.75, 3.05) is 5.73 Å². The maximum Gasteiger partial charge on any atom is 0.295 e. The lowest BCUT2D eigenvalue weighted by Crippen LogP contribution is -2.07. The zero-order valence-electron chi connectivity index (χ0n) is 16.0. The van der Waals surface area contributed by atoms with Gasteiger partial charge in [0.25, 0.3) is 30.4 Å². The van der Waals surface area contributed by atoms with Gasteiger partial charge in [0, 0.05) is 16.5 Å². The molecule has 0 aliphatic rings. The number of azo groups is 1. The Balaban J connectivity index is 2.40. The highest BCUT2D eigenvalue weighted by Crippen LogP contribution is 2.36. The molecule has 0 unspecified atom stereocenters. The molecule has 0 bridgehead atoms. The number of benzene rings is 3. The van der Waals surface area contributed by atoms with Gasteiger partial charge in [-0.25, -0.2) is 0 Å². The van der Waals surface area contributed by atoms with E-state index < -0.39 is 55.8 Å². The van der Waals surface area contributed by atoms with Crippen molar-refractivity contribution >= 4 is 58.2 Å². The van der Waals surface area contributed by atoms with Crippen LogP contribution in [0.25, 0.3) is 10.8 Å². The first-order valence-corrected chi connectivity index (χ1v) is 12.7. The maximum atomic E-state index is 11.9. The molecule has 0 saturated heterocycles. The van der Waals surface area contributed by atoms with E-state index in [2.05, 4.69) is 10.2 Å². The molecular formula is C17H15N3O9S3. The van der Waals surface area contributed by atoms with Crippen molar-refractivity contribution < 1.29 is 38.9 Å². The number of anilines is 1. The summed E-state index contributed by atoms with van der Waals surface area (Å²) in [6.07, 6.45) is 0. The first kappa shape index (κ1) is 23.7. The average Bonchev–Trinajstić information content (AvgIpc) is 2.63. The van der Waals surface area contributed by atoms with Gasteiger partial charge >= 0.3 is 0 Å². The van der Waals surface area contributed by atoms with Crippen LogP contribution in [0.1, 0.15) is 5.56 Å². The first-order valence-electron chi connectivity index (χ1n) is 8.39. The smallest absolute Gasteiger partial charge is 0.295 e. The molecule has 0 saturated carbocycles. The van der Waals surface area contributed by atoms with Crippen molar-refractivity contribution in [3.8, 4) is 0 Å². The molecule has 3 aromatic rings. The monoisotopic (exact) mass is 501 g/mol. The Morgan fingerprint density at radius 2 is 1.28 bits per heavy atom. The van der Waals surface area contributed by atoms with E-state index in [0.29, 0.717) is 29.1 Å². The van der Waals surface area contributed by atoms with Crippen molar-refractivity contribution in [1.82, 2.24) is 0 Å². The molecule has 3 aromatic carbocycles. The predicted molar refractivity (Wildman–Crippen MR) is 113 cm³/mol. The van der Waals surface area contributed by atoms with Crippen LogP contribution in [0.4, 0.5) is 17.1 Å². The van der Waals surface area contributed by atoms with Crippen molar-refractivity contribution in [1.29, 1.82) is 0 Å². The Hall–Kier alpha value is -2.95. The lowest BCUT2D eigenvalue weighted by atomic mass is 10.1. The Kier molecular flexibility index (Phi) is 5.83. The molecule has 3 rings (SSSR count). The fourth-order valence-corrected chi connectivity index (χ4v) is 4.94. The van der Waals surface area contributed by atoms with E-state index in [-0.39, 0.29) is 5.69 Å². The predicted octanol–water partition coefficient (Wildman–Crippen LogP) is 2.89. The molecule has 0 aliphatic carbocycles. The van der Waals surface area contributed by atoms with Crippen LogP contribution < -0.4 is 5.73 Å². The zero-order chi connectivity index (χ0) is 24.1. The number of hydrogen-bond donors (Lipinski definition) is 4. The van der Waals surface area contributed by atoms with E-state index in [1.165, 1.54) is 6.07 Å². The van der Waals surface area contributed by atoms with Crippen molar-refractivity contribution in [2.24, 2.45) is 10.2 Å². The van der Waals surface area contributed by atoms with Gasteiger partial charge in [0.1, 0.15) is 9.79 Å². The third-order valence-electron chi connectivity index (χ3n) is 4.30. The minimum absolute atomic E-state index is 0.245. The first-order chi connectivity index (χ1) is 14.6. The fourth-order valence-electron chi connectivity index (χ4n) is 2.89. The average molecular weight is 502 g/mol. The molecule has 0 aliphatic heterocycles. The van der Waals surface area contributed by atoms with Crippen LogP contribution in [0.2, 0.25) is 0 Å². The second-order valence-electron chi connectivity index (χ2n) is 6.63. The summed E-state index contributed by atoms with van der Waals surface area (Å²) in [7, 11) is -15.2. The lowest BCUT2D eigenvalue weighted by molar-refractivity contribution is 0.478. The van der Waals surface area contributed by atoms with Gasteiger partial charge in [-0.05, 0) is 55.0 Å². The fraction of sp³-hybridized carbons (Fsp3) is 0.0588. The quantitative estimate of drug-likeness (QED) is 0.228. The second kappa shape index (κ2) is 7.88. The zero-order valence-corrected chi connectivity index (χ0v) is 18.5. The standard InChI is InChI=1S/C17H15N3O9S3/c1-9-4-10(18)2-3-15(9)20-19-11-5-13-14(16(6-11)31(24,25)26)7-12(30(21,22)23)8-17(13)32(27,28)29/h2-8H,18H2,1H3,(H,21,22,23)(H,24,25,26)(H,27,28,29). The van der Waals surface area contributed by atoms with Crippen LogP contribution in [-0.2, 0) is 30.4 Å². The van der Waals surface area contributed by atoms with Crippen molar-refractivity contribution in [3.63, 3.8) is 0 Å². The minimum atomic E-state index is -5.11. The Morgan fingerprint density at radius 3 is 1.81 bits per heavy atom. The number of aryl methyl sites for hydroxylation is 1. The molecule has 0 radical (unpaired) electrons. The molecule has 0 aromatic heterocycles. The maximum absolute atomic E-state index is 11.9. The van der Waals surface area contributed by atoms with Gasteiger partial charge in [-0.1, -0.05) is 0 Å². The normalized spacial score (nSPS) is 13.1. The van der Waals surface area contributed by atoms with E-state index in [1.807, 2.05) is 0 Å². The second-order valence-corrected chi connectivity index (χ2v) is 10.8. The number of nitrogens with zero attached hydrogens (tertiary/aromatic N) is 2. The Labute approximate surface area is 182 Å². The SMILES string of the molecule is Cc1cc(N)ccc1N=Nc1cc(S(=O)(=O)O)c2cc(S(=O)(=O)O)cc(S(=O)(=O)O)c2c1. The number of hydrogen-bond acceptors (Lipinski definition) is 9. The molecule has 0 fully saturated rings. The topological polar surface area (TPSA) is 214 Å². The molecule has 12 nitrogen and oxygen atoms in total. The molecule has 0 atom stereocenters.